The van der Waals surface area contributed by atoms with Crippen molar-refractivity contribution in [3.05, 3.63) is 42.2 Å². The molecule has 0 rings (SSSR count). The van der Waals surface area contributed by atoms with Gasteiger partial charge in [0.05, 0.1) is 6.10 Å². The number of nitrogens with zero attached hydrogens (tertiary/aromatic N) is 1. The van der Waals surface area contributed by atoms with Gasteiger partial charge in [-0.1, -0.05) is 141 Å². The fourth-order valence-corrected chi connectivity index (χ4v) is 5.74. The summed E-state index contributed by atoms with van der Waals surface area (Å²) in [5, 5.41) is 0. The predicted octanol–water partition coefficient (Wildman–Crippen LogP) is 13.7. The summed E-state index contributed by atoms with van der Waals surface area (Å²) in [6.45, 7) is 6.60. The number of hydrogen-bond donors (Lipinski definition) is 0. The number of rotatable bonds is 35. The molecule has 1 unspecified atom stereocenters. The summed E-state index contributed by atoms with van der Waals surface area (Å²) < 4.78 is 6.39. The lowest BCUT2D eigenvalue weighted by Gasteiger charge is -2.19. The van der Waals surface area contributed by atoms with E-state index >= 15 is 0 Å². The van der Waals surface area contributed by atoms with Crippen LogP contribution in [0.2, 0.25) is 0 Å². The molecule has 0 N–H and O–H groups in total. The SMILES string of the molecule is CCCCCC=CCC=C=CCCCCCCCC(CCCCCCCCC=CCCCCCCCC)OCCCN(C)C. The highest BCUT2D eigenvalue weighted by Gasteiger charge is 2.09. The number of hydrogen-bond acceptors (Lipinski definition) is 2. The van der Waals surface area contributed by atoms with Crippen LogP contribution in [0, 0.1) is 0 Å². The van der Waals surface area contributed by atoms with Crippen molar-refractivity contribution in [3.63, 3.8) is 0 Å². The maximum Gasteiger partial charge on any atom is 0.0575 e. The monoisotopic (exact) mass is 614 g/mol. The largest absolute Gasteiger partial charge is 0.378 e. The number of unbranched alkanes of at least 4 members (excludes halogenated alkanes) is 20. The van der Waals surface area contributed by atoms with Gasteiger partial charge in [0.25, 0.3) is 0 Å². The molecule has 0 fully saturated rings. The highest BCUT2D eigenvalue weighted by molar-refractivity contribution is 4.93. The molecular weight excluding hydrogens is 534 g/mol. The van der Waals surface area contributed by atoms with E-state index in [9.17, 15) is 0 Å². The van der Waals surface area contributed by atoms with Gasteiger partial charge < -0.3 is 9.64 Å². The zero-order valence-corrected chi connectivity index (χ0v) is 30.6. The minimum atomic E-state index is 0.475. The molecule has 0 aromatic heterocycles. The Balaban J connectivity index is 3.86. The second kappa shape index (κ2) is 38.1. The van der Waals surface area contributed by atoms with Crippen LogP contribution in [0.5, 0.6) is 0 Å². The zero-order valence-electron chi connectivity index (χ0n) is 30.6. The van der Waals surface area contributed by atoms with Crippen LogP contribution < -0.4 is 0 Å². The summed E-state index contributed by atoms with van der Waals surface area (Å²) in [5.74, 6) is 0. The average molecular weight is 614 g/mol. The van der Waals surface area contributed by atoms with E-state index in [1.807, 2.05) is 0 Å². The van der Waals surface area contributed by atoms with E-state index in [0.717, 1.165) is 26.0 Å². The molecule has 0 aromatic carbocycles. The molecule has 0 saturated heterocycles. The zero-order chi connectivity index (χ0) is 32.0. The van der Waals surface area contributed by atoms with Crippen LogP contribution in [0.25, 0.3) is 0 Å². The second-order valence-corrected chi connectivity index (χ2v) is 13.5. The van der Waals surface area contributed by atoms with Crippen LogP contribution in [0.3, 0.4) is 0 Å². The van der Waals surface area contributed by atoms with E-state index in [0.29, 0.717) is 6.10 Å². The minimum Gasteiger partial charge on any atom is -0.378 e. The summed E-state index contributed by atoms with van der Waals surface area (Å²) in [6.07, 6.45) is 51.4. The van der Waals surface area contributed by atoms with Crippen LogP contribution in [0.15, 0.2) is 42.2 Å². The Morgan fingerprint density at radius 1 is 0.500 bits per heavy atom. The van der Waals surface area contributed by atoms with Gasteiger partial charge in [-0.3, -0.25) is 0 Å². The van der Waals surface area contributed by atoms with Gasteiger partial charge in [-0.25, -0.2) is 0 Å². The highest BCUT2D eigenvalue weighted by atomic mass is 16.5. The molecule has 0 saturated carbocycles. The lowest BCUT2D eigenvalue weighted by Crippen LogP contribution is -2.18. The Bertz CT molecular complexity index is 657. The van der Waals surface area contributed by atoms with Crippen molar-refractivity contribution in [3.8, 4) is 0 Å². The second-order valence-electron chi connectivity index (χ2n) is 13.5. The lowest BCUT2D eigenvalue weighted by molar-refractivity contribution is 0.0342. The smallest absolute Gasteiger partial charge is 0.0575 e. The molecule has 0 heterocycles. The molecule has 0 bridgehead atoms. The Morgan fingerprint density at radius 2 is 0.955 bits per heavy atom. The van der Waals surface area contributed by atoms with Gasteiger partial charge in [-0.05, 0) is 110 Å². The fourth-order valence-electron chi connectivity index (χ4n) is 5.74. The first-order valence-electron chi connectivity index (χ1n) is 19.7. The molecule has 0 amide bonds. The summed E-state index contributed by atoms with van der Waals surface area (Å²) in [4.78, 5) is 2.27. The molecular formula is C42H79NO. The number of allylic oxidation sites excluding steroid dienone is 5. The normalized spacial score (nSPS) is 12.5. The van der Waals surface area contributed by atoms with E-state index in [1.54, 1.807) is 0 Å². The molecule has 1 atom stereocenters. The summed E-state index contributed by atoms with van der Waals surface area (Å²) in [5.41, 5.74) is 3.37. The summed E-state index contributed by atoms with van der Waals surface area (Å²) in [7, 11) is 4.31. The molecule has 0 aliphatic carbocycles. The molecule has 0 aromatic rings. The van der Waals surface area contributed by atoms with Gasteiger partial charge in [0.2, 0.25) is 0 Å². The van der Waals surface area contributed by atoms with Crippen LogP contribution >= 0.6 is 0 Å². The Hall–Kier alpha value is -1.08. The lowest BCUT2D eigenvalue weighted by atomic mass is 10.0. The van der Waals surface area contributed by atoms with Crippen molar-refractivity contribution in [1.82, 2.24) is 4.90 Å². The topological polar surface area (TPSA) is 12.5 Å². The maximum absolute atomic E-state index is 6.39. The minimum absolute atomic E-state index is 0.475. The molecule has 0 spiro atoms. The predicted molar refractivity (Wildman–Crippen MR) is 200 cm³/mol. The standard InChI is InChI=1S/C42H79NO/c1-5-7-9-11-13-15-17-19-21-23-25-27-29-31-33-35-38-42(44-41-37-40-43(3)4)39-36-34-32-30-28-26-24-22-20-18-16-14-12-10-8-6-2/h13,15,19-20,22-23,42H,5-12,14,16-18,24-41H2,1-4H3. The Morgan fingerprint density at radius 3 is 1.52 bits per heavy atom. The molecule has 2 heteroatoms. The van der Waals surface area contributed by atoms with Crippen molar-refractivity contribution >= 4 is 0 Å². The quantitative estimate of drug-likeness (QED) is 0.0400. The summed E-state index contributed by atoms with van der Waals surface area (Å²) in [6, 6.07) is 0. The van der Waals surface area contributed by atoms with E-state index in [2.05, 4.69) is 75.0 Å². The van der Waals surface area contributed by atoms with Gasteiger partial charge in [0, 0.05) is 6.61 Å². The van der Waals surface area contributed by atoms with E-state index in [1.165, 1.54) is 167 Å². The molecule has 44 heavy (non-hydrogen) atoms. The van der Waals surface area contributed by atoms with Gasteiger partial charge in [0.1, 0.15) is 0 Å². The van der Waals surface area contributed by atoms with Crippen molar-refractivity contribution in [2.24, 2.45) is 0 Å². The van der Waals surface area contributed by atoms with E-state index in [4.69, 9.17) is 4.74 Å². The Labute approximate surface area is 278 Å². The van der Waals surface area contributed by atoms with Gasteiger partial charge >= 0.3 is 0 Å². The van der Waals surface area contributed by atoms with E-state index in [-0.39, 0.29) is 0 Å². The maximum atomic E-state index is 6.39. The summed E-state index contributed by atoms with van der Waals surface area (Å²) >= 11 is 0. The first-order chi connectivity index (χ1) is 21.7. The number of ether oxygens (including phenoxy) is 1. The van der Waals surface area contributed by atoms with Crippen LogP contribution in [-0.2, 0) is 4.74 Å². The van der Waals surface area contributed by atoms with E-state index < -0.39 is 0 Å². The van der Waals surface area contributed by atoms with Crippen LogP contribution in [0.1, 0.15) is 194 Å². The van der Waals surface area contributed by atoms with Gasteiger partial charge in [-0.2, -0.15) is 0 Å². The van der Waals surface area contributed by atoms with Crippen LogP contribution in [-0.4, -0.2) is 38.3 Å². The molecule has 0 radical (unpaired) electrons. The fraction of sp³-hybridized carbons (Fsp3) is 0.833. The van der Waals surface area contributed by atoms with Crippen molar-refractivity contribution < 1.29 is 4.74 Å². The first-order valence-corrected chi connectivity index (χ1v) is 19.7. The van der Waals surface area contributed by atoms with Gasteiger partial charge in [-0.15, -0.1) is 5.73 Å². The Kier molecular flexibility index (Phi) is 37.2. The molecule has 258 valence electrons. The molecule has 0 aliphatic rings. The third-order valence-corrected chi connectivity index (χ3v) is 8.65. The molecule has 2 nitrogen and oxygen atoms in total. The highest BCUT2D eigenvalue weighted by Crippen LogP contribution is 2.17. The van der Waals surface area contributed by atoms with Crippen LogP contribution in [0.4, 0.5) is 0 Å². The molecule has 0 aliphatic heterocycles. The van der Waals surface area contributed by atoms with Gasteiger partial charge in [0.15, 0.2) is 0 Å². The third-order valence-electron chi connectivity index (χ3n) is 8.65. The van der Waals surface area contributed by atoms with Crippen molar-refractivity contribution in [2.75, 3.05) is 27.2 Å². The first kappa shape index (κ1) is 42.9. The van der Waals surface area contributed by atoms with Crippen molar-refractivity contribution in [1.29, 1.82) is 0 Å². The average Bonchev–Trinajstić information content (AvgIpc) is 3.02. The third kappa shape index (κ3) is 37.1. The van der Waals surface area contributed by atoms with Crippen molar-refractivity contribution in [2.45, 2.75) is 200 Å².